The molecule has 0 saturated carbocycles. The Balaban J connectivity index is 0.000000210. The summed E-state index contributed by atoms with van der Waals surface area (Å²) in [5.41, 5.74) is -0.585. The minimum atomic E-state index is -5.11. The zero-order valence-corrected chi connectivity index (χ0v) is 31.4. The van der Waals surface area contributed by atoms with Crippen molar-refractivity contribution in [1.82, 2.24) is 20.2 Å². The van der Waals surface area contributed by atoms with Gasteiger partial charge in [0.05, 0.1) is 18.4 Å². The van der Waals surface area contributed by atoms with Gasteiger partial charge >= 0.3 is 12.1 Å². The molecule has 4 amide bonds. The highest BCUT2D eigenvalue weighted by Gasteiger charge is 2.47. The number of carbonyl (C=O) groups is 3. The number of urea groups is 1. The van der Waals surface area contributed by atoms with E-state index in [9.17, 15) is 27.4 Å². The lowest BCUT2D eigenvalue weighted by Gasteiger charge is -2.34. The van der Waals surface area contributed by atoms with Crippen LogP contribution in [0.25, 0.3) is 0 Å². The minimum absolute atomic E-state index is 0.0278. The summed E-state index contributed by atoms with van der Waals surface area (Å²) in [6.45, 7) is 8.36. The summed E-state index contributed by atoms with van der Waals surface area (Å²) in [6, 6.07) is 29.9. The Morgan fingerprint density at radius 1 is 0.865 bits per heavy atom. The molecule has 3 aromatic rings. The van der Waals surface area contributed by atoms with E-state index >= 15 is 0 Å². The number of amides is 4. The van der Waals surface area contributed by atoms with Crippen molar-refractivity contribution in [1.29, 1.82) is 0 Å². The molecule has 6 rings (SSSR count). The summed E-state index contributed by atoms with van der Waals surface area (Å²) in [4.78, 5) is 39.9. The Kier molecular flexibility index (Phi) is 12.2. The summed E-state index contributed by atoms with van der Waals surface area (Å²) in [5.74, 6) is 1.98. The van der Waals surface area contributed by atoms with Crippen molar-refractivity contribution in [3.05, 3.63) is 115 Å². The fourth-order valence-electron chi connectivity index (χ4n) is 6.48. The summed E-state index contributed by atoms with van der Waals surface area (Å²) >= 11 is 0. The first-order valence-corrected chi connectivity index (χ1v) is 20.3. The van der Waals surface area contributed by atoms with E-state index in [2.05, 4.69) is 119 Å². The molecule has 3 aliphatic heterocycles. The summed E-state index contributed by atoms with van der Waals surface area (Å²) in [6.07, 6.45) is 5.79. The molecule has 12 nitrogen and oxygen atoms in total. The van der Waals surface area contributed by atoms with E-state index < -0.39 is 53.4 Å². The van der Waals surface area contributed by atoms with Crippen molar-refractivity contribution in [3.8, 4) is 0 Å². The van der Waals surface area contributed by atoms with Crippen LogP contribution in [0.15, 0.2) is 115 Å². The zero-order valence-electron chi connectivity index (χ0n) is 29.7. The predicted octanol–water partition coefficient (Wildman–Crippen LogP) is 4.45. The number of piperidine rings is 1. The number of benzene rings is 3. The number of allylic oxidation sites excluding steroid dienone is 1. The SMILES string of the molecule is C/C=C/[P+](c1ccccc1)(c1ccccc1)c1ccccc1.CC(C)(C)OC(=O)N1CCC(NC(=O)[C@@H]2C=C[C@@H]3CN2C(=O)N3OS(=O)(=O)[O-])CC1. The Morgan fingerprint density at radius 3 is 1.81 bits per heavy atom. The van der Waals surface area contributed by atoms with Crippen molar-refractivity contribution in [3.63, 3.8) is 0 Å². The van der Waals surface area contributed by atoms with Gasteiger partial charge in [-0.25, -0.2) is 18.0 Å². The second-order valence-corrected chi connectivity index (χ2v) is 17.9. The first-order chi connectivity index (χ1) is 24.7. The zero-order chi connectivity index (χ0) is 37.5. The number of rotatable bonds is 8. The second kappa shape index (κ2) is 16.4. The monoisotopic (exact) mass is 748 g/mol. The van der Waals surface area contributed by atoms with Crippen molar-refractivity contribution in [2.24, 2.45) is 0 Å². The largest absolute Gasteiger partial charge is 0.724 e. The normalized spacial score (nSPS) is 19.3. The number of ether oxygens (including phenoxy) is 1. The number of nitrogens with zero attached hydrogens (tertiary/aromatic N) is 3. The van der Waals surface area contributed by atoms with Crippen LogP contribution < -0.4 is 21.2 Å². The van der Waals surface area contributed by atoms with Crippen LogP contribution >= 0.6 is 7.26 Å². The van der Waals surface area contributed by atoms with Crippen LogP contribution in [0.3, 0.4) is 0 Å². The van der Waals surface area contributed by atoms with Gasteiger partial charge in [0.15, 0.2) is 0 Å². The van der Waals surface area contributed by atoms with Gasteiger partial charge in [-0.2, -0.15) is 9.35 Å². The first-order valence-electron chi connectivity index (χ1n) is 17.1. The van der Waals surface area contributed by atoms with Crippen LogP contribution in [-0.4, -0.2) is 89.2 Å². The van der Waals surface area contributed by atoms with E-state index in [0.717, 1.165) is 4.90 Å². The summed E-state index contributed by atoms with van der Waals surface area (Å²) in [5, 5.41) is 7.51. The lowest BCUT2D eigenvalue weighted by atomic mass is 10.0. The average Bonchev–Trinajstić information content (AvgIpc) is 3.34. The second-order valence-electron chi connectivity index (χ2n) is 13.6. The summed E-state index contributed by atoms with van der Waals surface area (Å²) in [7, 11) is -6.85. The molecule has 3 aliphatic rings. The highest BCUT2D eigenvalue weighted by Crippen LogP contribution is 2.56. The third kappa shape index (κ3) is 9.27. The molecule has 2 atom stereocenters. The molecule has 0 aromatic heterocycles. The van der Waals surface area contributed by atoms with Gasteiger partial charge in [-0.1, -0.05) is 72.8 Å². The quantitative estimate of drug-likeness (QED) is 0.154. The van der Waals surface area contributed by atoms with Crippen LogP contribution in [-0.2, 0) is 24.2 Å². The maximum atomic E-state index is 12.7. The molecule has 3 heterocycles. The van der Waals surface area contributed by atoms with Gasteiger partial charge in [0.25, 0.3) is 0 Å². The third-order valence-electron chi connectivity index (χ3n) is 8.77. The summed E-state index contributed by atoms with van der Waals surface area (Å²) < 4.78 is 42.0. The maximum absolute atomic E-state index is 12.7. The Bertz CT molecular complexity index is 1770. The minimum Gasteiger partial charge on any atom is -0.724 e. The Morgan fingerprint density at radius 2 is 1.37 bits per heavy atom. The fraction of sp³-hybridized carbons (Fsp3) is 0.342. The van der Waals surface area contributed by atoms with Crippen LogP contribution in [0, 0.1) is 0 Å². The van der Waals surface area contributed by atoms with Gasteiger partial charge in [0, 0.05) is 19.1 Å². The fourth-order valence-corrected chi connectivity index (χ4v) is 10.6. The molecule has 0 radical (unpaired) electrons. The van der Waals surface area contributed by atoms with Crippen molar-refractivity contribution >= 4 is 51.6 Å². The molecule has 276 valence electrons. The number of fused-ring (bicyclic) bond motifs is 2. The van der Waals surface area contributed by atoms with Gasteiger partial charge in [-0.3, -0.25) is 4.79 Å². The average molecular weight is 749 g/mol. The number of likely N-dealkylation sites (tertiary alicyclic amines) is 1. The molecule has 3 aromatic carbocycles. The van der Waals surface area contributed by atoms with Gasteiger partial charge in [-0.15, -0.1) is 0 Å². The number of nitrogens with one attached hydrogen (secondary N) is 1. The maximum Gasteiger partial charge on any atom is 0.410 e. The van der Waals surface area contributed by atoms with E-state index in [1.807, 2.05) is 0 Å². The van der Waals surface area contributed by atoms with E-state index in [1.165, 1.54) is 28.1 Å². The van der Waals surface area contributed by atoms with Crippen molar-refractivity contribution in [2.45, 2.75) is 64.3 Å². The lowest BCUT2D eigenvalue weighted by Crippen LogP contribution is -2.53. The van der Waals surface area contributed by atoms with Crippen LogP contribution in [0.5, 0.6) is 0 Å². The van der Waals surface area contributed by atoms with Crippen LogP contribution in [0.1, 0.15) is 40.5 Å². The van der Waals surface area contributed by atoms with Crippen molar-refractivity contribution in [2.75, 3.05) is 19.6 Å². The standard InChI is InChI=1S/C21H20P.C17H26N4O8S/c1-2-18-22(19-12-6-3-7-13-19,20-14-8-4-9-15-20)21-16-10-5-11-17-21;1-17(2,3)28-16(24)19-8-6-11(7-9-19)18-14(22)13-5-4-12-10-20(13)15(23)21(12)29-30(25,26)27/h2-18H,1H3;4-5,11-13H,6-10H2,1-3H3,(H,18,22)(H,25,26,27)/q+1;/p-1/b18-2+;/t;12-,13+/m.1/s1. The van der Waals surface area contributed by atoms with Crippen molar-refractivity contribution < 1.29 is 36.4 Å². The van der Waals surface area contributed by atoms with Crippen LogP contribution in [0.4, 0.5) is 9.59 Å². The van der Waals surface area contributed by atoms with E-state index in [1.54, 1.807) is 25.7 Å². The van der Waals surface area contributed by atoms with Gasteiger partial charge in [0.1, 0.15) is 34.8 Å². The molecule has 1 N–H and O–H groups in total. The molecular weight excluding hydrogens is 703 g/mol. The van der Waals surface area contributed by atoms with Gasteiger partial charge in [0.2, 0.25) is 16.3 Å². The highest BCUT2D eigenvalue weighted by atomic mass is 32.3. The van der Waals surface area contributed by atoms with E-state index in [0.29, 0.717) is 31.0 Å². The third-order valence-corrected chi connectivity index (χ3v) is 13.2. The number of hydrogen-bond donors (Lipinski definition) is 1. The first kappa shape index (κ1) is 38.7. The Labute approximate surface area is 306 Å². The number of carbonyl (C=O) groups excluding carboxylic acids is 3. The molecule has 2 saturated heterocycles. The number of hydroxylamine groups is 2. The van der Waals surface area contributed by atoms with Gasteiger partial charge in [-0.05, 0) is 76.9 Å². The molecule has 14 heteroatoms. The molecule has 0 spiro atoms. The van der Waals surface area contributed by atoms with Crippen LogP contribution in [0.2, 0.25) is 0 Å². The molecule has 0 aliphatic carbocycles. The topological polar surface area (TPSA) is 149 Å². The highest BCUT2D eigenvalue weighted by molar-refractivity contribution is 7.98. The lowest BCUT2D eigenvalue weighted by molar-refractivity contribution is -0.125. The molecule has 0 unspecified atom stereocenters. The van der Waals surface area contributed by atoms with E-state index in [4.69, 9.17) is 4.74 Å². The molecular formula is C38H45N4O8PS. The predicted molar refractivity (Wildman–Crippen MR) is 200 cm³/mol. The molecule has 2 fully saturated rings. The molecule has 52 heavy (non-hydrogen) atoms. The Hall–Kier alpha value is -4.55. The van der Waals surface area contributed by atoms with E-state index in [-0.39, 0.29) is 12.6 Å². The molecule has 2 bridgehead atoms. The number of hydrogen-bond acceptors (Lipinski definition) is 8. The smallest absolute Gasteiger partial charge is 0.410 e. The van der Waals surface area contributed by atoms with Gasteiger partial charge < -0.3 is 24.4 Å².